The Kier molecular flexibility index (Phi) is 7.24. The smallest absolute Gasteiger partial charge is 0.408 e. The fourth-order valence-electron chi connectivity index (χ4n) is 2.28. The molecule has 0 saturated carbocycles. The van der Waals surface area contributed by atoms with Crippen LogP contribution in [0.4, 0.5) is 9.18 Å². The number of nitrogens with one attached hydrogen (secondary N) is 1. The van der Waals surface area contributed by atoms with E-state index in [-0.39, 0.29) is 11.7 Å². The third-order valence-corrected chi connectivity index (χ3v) is 4.75. The molecule has 2 atom stereocenters. The van der Waals surface area contributed by atoms with E-state index in [1.807, 2.05) is 13.8 Å². The van der Waals surface area contributed by atoms with Gasteiger partial charge in [0.25, 0.3) is 5.22 Å². The summed E-state index contributed by atoms with van der Waals surface area (Å²) in [6.45, 7) is 9.40. The third-order valence-electron chi connectivity index (χ3n) is 3.88. The van der Waals surface area contributed by atoms with E-state index in [9.17, 15) is 9.18 Å². The van der Waals surface area contributed by atoms with E-state index in [2.05, 4.69) is 15.5 Å². The lowest BCUT2D eigenvalue weighted by Crippen LogP contribution is -2.37. The van der Waals surface area contributed by atoms with Gasteiger partial charge in [-0.05, 0) is 38.3 Å². The minimum atomic E-state index is -0.598. The molecule has 27 heavy (non-hydrogen) atoms. The molecular formula is C19H26FN3O3S. The van der Waals surface area contributed by atoms with E-state index in [1.165, 1.54) is 17.8 Å². The Balaban J connectivity index is 2.06. The van der Waals surface area contributed by atoms with Crippen LogP contribution < -0.4 is 5.32 Å². The summed E-state index contributed by atoms with van der Waals surface area (Å²) in [7, 11) is 0. The lowest BCUT2D eigenvalue weighted by Gasteiger charge is -2.24. The van der Waals surface area contributed by atoms with Crippen LogP contribution in [0.15, 0.2) is 33.9 Å². The Labute approximate surface area is 163 Å². The summed E-state index contributed by atoms with van der Waals surface area (Å²) in [6, 6.07) is 6.10. The van der Waals surface area contributed by atoms with Crippen molar-refractivity contribution in [2.45, 2.75) is 63.7 Å². The van der Waals surface area contributed by atoms with Gasteiger partial charge in [-0.15, -0.1) is 10.2 Å². The van der Waals surface area contributed by atoms with Crippen LogP contribution in [0.25, 0.3) is 0 Å². The summed E-state index contributed by atoms with van der Waals surface area (Å²) >= 11 is 1.25. The summed E-state index contributed by atoms with van der Waals surface area (Å²) < 4.78 is 24.7. The number of ether oxygens (including phenoxy) is 1. The van der Waals surface area contributed by atoms with Crippen LogP contribution in [0.5, 0.6) is 0 Å². The molecule has 1 N–H and O–H groups in total. The van der Waals surface area contributed by atoms with Crippen molar-refractivity contribution in [1.82, 2.24) is 15.5 Å². The van der Waals surface area contributed by atoms with Crippen LogP contribution in [-0.2, 0) is 10.5 Å². The number of thioether (sulfide) groups is 1. The Hall–Kier alpha value is -2.09. The molecule has 1 amide bonds. The summed E-state index contributed by atoms with van der Waals surface area (Å²) in [6.07, 6.45) is 0.271. The van der Waals surface area contributed by atoms with Crippen molar-refractivity contribution >= 4 is 17.9 Å². The molecular weight excluding hydrogens is 369 g/mol. The minimum Gasteiger partial charge on any atom is -0.444 e. The molecule has 1 aromatic heterocycles. The molecule has 0 aliphatic carbocycles. The molecule has 1 heterocycles. The standard InChI is InChI=1S/C19H26FN3O3S/c1-6-12(2)15(21-17(24)26-19(3,4)5)16-22-23-18(25-16)27-11-13-9-7-8-10-14(13)20/h7-10,12,15H,6,11H2,1-5H3,(H,21,24)/t12-,15-/m0/s1. The van der Waals surface area contributed by atoms with Gasteiger partial charge in [-0.3, -0.25) is 0 Å². The molecule has 0 aliphatic rings. The first-order chi connectivity index (χ1) is 12.7. The van der Waals surface area contributed by atoms with E-state index in [0.717, 1.165) is 6.42 Å². The molecule has 0 saturated heterocycles. The highest BCUT2D eigenvalue weighted by atomic mass is 32.2. The van der Waals surface area contributed by atoms with Crippen LogP contribution in [0, 0.1) is 11.7 Å². The van der Waals surface area contributed by atoms with Crippen molar-refractivity contribution in [3.8, 4) is 0 Å². The average Bonchev–Trinajstić information content (AvgIpc) is 3.05. The van der Waals surface area contributed by atoms with Crippen molar-refractivity contribution in [3.05, 3.63) is 41.5 Å². The minimum absolute atomic E-state index is 0.0717. The lowest BCUT2D eigenvalue weighted by atomic mass is 9.99. The van der Waals surface area contributed by atoms with Crippen LogP contribution in [0.1, 0.15) is 58.5 Å². The molecule has 6 nitrogen and oxygen atoms in total. The molecule has 148 valence electrons. The van der Waals surface area contributed by atoms with Crippen molar-refractivity contribution < 1.29 is 18.3 Å². The maximum absolute atomic E-state index is 13.7. The van der Waals surface area contributed by atoms with Gasteiger partial charge in [0.15, 0.2) is 0 Å². The monoisotopic (exact) mass is 395 g/mol. The van der Waals surface area contributed by atoms with E-state index in [1.54, 1.807) is 39.0 Å². The normalized spacial score (nSPS) is 13.9. The van der Waals surface area contributed by atoms with Gasteiger partial charge in [-0.2, -0.15) is 0 Å². The molecule has 0 unspecified atom stereocenters. The number of aromatic nitrogens is 2. The second kappa shape index (κ2) is 9.21. The van der Waals surface area contributed by atoms with Crippen molar-refractivity contribution in [2.24, 2.45) is 5.92 Å². The van der Waals surface area contributed by atoms with Crippen LogP contribution in [0.3, 0.4) is 0 Å². The Bertz CT molecular complexity index is 761. The van der Waals surface area contributed by atoms with Crippen LogP contribution >= 0.6 is 11.8 Å². The topological polar surface area (TPSA) is 77.2 Å². The number of rotatable bonds is 7. The zero-order chi connectivity index (χ0) is 20.0. The molecule has 2 aromatic rings. The van der Waals surface area contributed by atoms with Gasteiger partial charge in [-0.1, -0.05) is 50.2 Å². The Morgan fingerprint density at radius 2 is 2.04 bits per heavy atom. The van der Waals surface area contributed by atoms with Crippen LogP contribution in [-0.4, -0.2) is 21.9 Å². The molecule has 0 bridgehead atoms. The molecule has 1 aromatic carbocycles. The number of carbonyl (C=O) groups is 1. The lowest BCUT2D eigenvalue weighted by molar-refractivity contribution is 0.0473. The number of halogens is 1. The number of nitrogens with zero attached hydrogens (tertiary/aromatic N) is 2. The highest BCUT2D eigenvalue weighted by Gasteiger charge is 2.28. The van der Waals surface area contributed by atoms with E-state index in [4.69, 9.17) is 9.15 Å². The fraction of sp³-hybridized carbons (Fsp3) is 0.526. The third kappa shape index (κ3) is 6.53. The highest BCUT2D eigenvalue weighted by molar-refractivity contribution is 7.98. The largest absolute Gasteiger partial charge is 0.444 e. The van der Waals surface area contributed by atoms with Crippen molar-refractivity contribution in [1.29, 1.82) is 0 Å². The molecule has 0 radical (unpaired) electrons. The summed E-state index contributed by atoms with van der Waals surface area (Å²) in [5, 5.41) is 11.2. The van der Waals surface area contributed by atoms with E-state index in [0.29, 0.717) is 22.4 Å². The number of hydrogen-bond donors (Lipinski definition) is 1. The molecule has 0 aliphatic heterocycles. The number of carbonyl (C=O) groups excluding carboxylic acids is 1. The van der Waals surface area contributed by atoms with Crippen LogP contribution in [0.2, 0.25) is 0 Å². The first kappa shape index (κ1) is 21.2. The fourth-order valence-corrected chi connectivity index (χ4v) is 3.03. The Morgan fingerprint density at radius 1 is 1.33 bits per heavy atom. The van der Waals surface area contributed by atoms with Crippen molar-refractivity contribution in [2.75, 3.05) is 0 Å². The van der Waals surface area contributed by atoms with E-state index >= 15 is 0 Å². The zero-order valence-electron chi connectivity index (χ0n) is 16.3. The second-order valence-corrected chi connectivity index (χ2v) is 8.22. The summed E-state index contributed by atoms with van der Waals surface area (Å²) in [4.78, 5) is 12.1. The maximum Gasteiger partial charge on any atom is 0.408 e. The van der Waals surface area contributed by atoms with Gasteiger partial charge in [0, 0.05) is 5.75 Å². The van der Waals surface area contributed by atoms with Gasteiger partial charge in [0.2, 0.25) is 5.89 Å². The van der Waals surface area contributed by atoms with Gasteiger partial charge < -0.3 is 14.5 Å². The average molecular weight is 396 g/mol. The molecule has 8 heteroatoms. The predicted molar refractivity (Wildman–Crippen MR) is 102 cm³/mol. The highest BCUT2D eigenvalue weighted by Crippen LogP contribution is 2.28. The number of benzene rings is 1. The zero-order valence-corrected chi connectivity index (χ0v) is 17.1. The quantitative estimate of drug-likeness (QED) is 0.656. The second-order valence-electron chi connectivity index (χ2n) is 7.30. The van der Waals surface area contributed by atoms with Crippen molar-refractivity contribution in [3.63, 3.8) is 0 Å². The molecule has 0 fully saturated rings. The summed E-state index contributed by atoms with van der Waals surface area (Å²) in [5.41, 5.74) is -0.0349. The van der Waals surface area contributed by atoms with E-state index < -0.39 is 17.7 Å². The molecule has 2 rings (SSSR count). The maximum atomic E-state index is 13.7. The first-order valence-corrected chi connectivity index (χ1v) is 9.87. The van der Waals surface area contributed by atoms with Gasteiger partial charge in [-0.25, -0.2) is 9.18 Å². The number of hydrogen-bond acceptors (Lipinski definition) is 6. The first-order valence-electron chi connectivity index (χ1n) is 8.88. The number of amides is 1. The number of alkyl carbamates (subject to hydrolysis) is 1. The van der Waals surface area contributed by atoms with Gasteiger partial charge in [0.05, 0.1) is 0 Å². The summed E-state index contributed by atoms with van der Waals surface area (Å²) in [5.74, 6) is 0.490. The van der Waals surface area contributed by atoms with Gasteiger partial charge >= 0.3 is 6.09 Å². The SMILES string of the molecule is CC[C@H](C)[C@H](NC(=O)OC(C)(C)C)c1nnc(SCc2ccccc2F)o1. The molecule has 0 spiro atoms. The Morgan fingerprint density at radius 3 is 2.67 bits per heavy atom. The predicted octanol–water partition coefficient (Wildman–Crippen LogP) is 5.11. The van der Waals surface area contributed by atoms with Gasteiger partial charge in [0.1, 0.15) is 17.5 Å².